The van der Waals surface area contributed by atoms with Crippen molar-refractivity contribution in [1.29, 1.82) is 5.41 Å². The number of carbonyl (C=O) groups is 1. The van der Waals surface area contributed by atoms with Crippen LogP contribution in [0, 0.1) is 5.41 Å². The third kappa shape index (κ3) is 1.95. The number of hydrogen-bond acceptors (Lipinski definition) is 3. The molecule has 0 spiro atoms. The smallest absolute Gasteiger partial charge is 0.408 e. The summed E-state index contributed by atoms with van der Waals surface area (Å²) < 4.78 is 4.79. The van der Waals surface area contributed by atoms with Gasteiger partial charge in [0.2, 0.25) is 0 Å². The highest BCUT2D eigenvalue weighted by Gasteiger charge is 2.10. The summed E-state index contributed by atoms with van der Waals surface area (Å²) in [5, 5.41) is 9.70. The molecule has 0 saturated carbocycles. The van der Waals surface area contributed by atoms with Crippen LogP contribution in [-0.2, 0) is 4.74 Å². The second-order valence-electron chi connectivity index (χ2n) is 2.28. The van der Waals surface area contributed by atoms with E-state index >= 15 is 0 Å². The fourth-order valence-corrected chi connectivity index (χ4v) is 0.789. The van der Waals surface area contributed by atoms with Crippen LogP contribution >= 0.6 is 0 Å². The van der Waals surface area contributed by atoms with Gasteiger partial charge in [-0.25, -0.2) is 4.79 Å². The molecule has 2 N–H and O–H groups in total. The maximum Gasteiger partial charge on any atom is 0.412 e. The van der Waals surface area contributed by atoms with Crippen LogP contribution in [0.25, 0.3) is 0 Å². The first-order valence-corrected chi connectivity index (χ1v) is 3.58. The summed E-state index contributed by atoms with van der Waals surface area (Å²) in [7, 11) is 1.48. The van der Waals surface area contributed by atoms with Gasteiger partial charge in [-0.3, -0.25) is 0 Å². The minimum Gasteiger partial charge on any atom is -0.408 e. The van der Waals surface area contributed by atoms with Crippen molar-refractivity contribution in [2.75, 3.05) is 7.05 Å². The normalized spacial score (nSPS) is 15.4. The minimum absolute atomic E-state index is 0.317. The molecule has 0 radical (unpaired) electrons. The highest BCUT2D eigenvalue weighted by molar-refractivity contribution is 5.99. The summed E-state index contributed by atoms with van der Waals surface area (Å²) in [6.45, 7) is 0. The molecule has 1 rings (SSSR count). The number of hydrogen-bond donors (Lipinski definition) is 2. The lowest BCUT2D eigenvalue weighted by Crippen LogP contribution is -2.21. The van der Waals surface area contributed by atoms with Gasteiger partial charge in [-0.15, -0.1) is 0 Å². The van der Waals surface area contributed by atoms with E-state index in [4.69, 9.17) is 10.1 Å². The lowest BCUT2D eigenvalue weighted by atomic mass is 10.1. The van der Waals surface area contributed by atoms with E-state index in [-0.39, 0.29) is 0 Å². The third-order valence-electron chi connectivity index (χ3n) is 1.41. The SMILES string of the molecule is CNC(=O)OC1=CC=CCC1=N. The van der Waals surface area contributed by atoms with Gasteiger partial charge in [0.05, 0.1) is 5.71 Å². The Hall–Kier alpha value is -1.58. The molecule has 1 aliphatic carbocycles. The van der Waals surface area contributed by atoms with Crippen molar-refractivity contribution in [3.63, 3.8) is 0 Å². The van der Waals surface area contributed by atoms with Crippen LogP contribution in [0.5, 0.6) is 0 Å². The molecule has 0 aliphatic heterocycles. The number of alkyl carbamates (subject to hydrolysis) is 1. The number of carbonyl (C=O) groups excluding carboxylic acids is 1. The van der Waals surface area contributed by atoms with Crippen LogP contribution in [-0.4, -0.2) is 18.9 Å². The molecule has 4 heteroatoms. The lowest BCUT2D eigenvalue weighted by molar-refractivity contribution is 0.183. The van der Waals surface area contributed by atoms with Crippen LogP contribution in [0.2, 0.25) is 0 Å². The van der Waals surface area contributed by atoms with Gasteiger partial charge in [-0.2, -0.15) is 0 Å². The number of ether oxygens (including phenoxy) is 1. The van der Waals surface area contributed by atoms with Crippen molar-refractivity contribution in [2.24, 2.45) is 0 Å². The van der Waals surface area contributed by atoms with Crippen molar-refractivity contribution >= 4 is 11.8 Å². The van der Waals surface area contributed by atoms with E-state index in [9.17, 15) is 4.79 Å². The number of rotatable bonds is 1. The largest absolute Gasteiger partial charge is 0.412 e. The average Bonchev–Trinajstić information content (AvgIpc) is 2.09. The number of allylic oxidation sites excluding steroid dienone is 4. The second-order valence-corrected chi connectivity index (χ2v) is 2.28. The van der Waals surface area contributed by atoms with Crippen LogP contribution in [0.1, 0.15) is 6.42 Å². The molecule has 1 amide bonds. The fraction of sp³-hybridized carbons (Fsp3) is 0.250. The molecule has 4 nitrogen and oxygen atoms in total. The Morgan fingerprint density at radius 2 is 2.50 bits per heavy atom. The highest BCUT2D eigenvalue weighted by atomic mass is 16.6. The maximum absolute atomic E-state index is 10.7. The first kappa shape index (κ1) is 8.52. The minimum atomic E-state index is -0.540. The van der Waals surface area contributed by atoms with Crippen molar-refractivity contribution in [3.8, 4) is 0 Å². The molecule has 0 bridgehead atoms. The Balaban J connectivity index is 2.61. The van der Waals surface area contributed by atoms with E-state index in [0.717, 1.165) is 0 Å². The van der Waals surface area contributed by atoms with Gasteiger partial charge in [0.15, 0.2) is 5.76 Å². The van der Waals surface area contributed by atoms with Crippen molar-refractivity contribution in [1.82, 2.24) is 5.32 Å². The standard InChI is InChI=1S/C8H10N2O2/c1-10-8(11)12-7-5-3-2-4-6(7)9/h2-3,5,9H,4H2,1H3,(H,10,11). The Morgan fingerprint density at radius 1 is 1.75 bits per heavy atom. The van der Waals surface area contributed by atoms with E-state index in [1.54, 1.807) is 12.2 Å². The first-order chi connectivity index (χ1) is 5.74. The number of nitrogens with one attached hydrogen (secondary N) is 2. The zero-order valence-corrected chi connectivity index (χ0v) is 6.76. The lowest BCUT2D eigenvalue weighted by Gasteiger charge is -2.09. The van der Waals surface area contributed by atoms with Crippen molar-refractivity contribution < 1.29 is 9.53 Å². The summed E-state index contributed by atoms with van der Waals surface area (Å²) in [5.41, 5.74) is 0.320. The summed E-state index contributed by atoms with van der Waals surface area (Å²) in [5.74, 6) is 0.317. The Morgan fingerprint density at radius 3 is 3.08 bits per heavy atom. The van der Waals surface area contributed by atoms with Crippen molar-refractivity contribution in [3.05, 3.63) is 24.0 Å². The van der Waals surface area contributed by atoms with E-state index in [1.807, 2.05) is 6.08 Å². The van der Waals surface area contributed by atoms with Gasteiger partial charge in [-0.1, -0.05) is 12.2 Å². The summed E-state index contributed by atoms with van der Waals surface area (Å²) in [6, 6.07) is 0. The molecule has 0 saturated heterocycles. The predicted molar refractivity (Wildman–Crippen MR) is 45.1 cm³/mol. The molecule has 1 aliphatic rings. The van der Waals surface area contributed by atoms with E-state index in [1.165, 1.54) is 7.05 Å². The molecule has 0 unspecified atom stereocenters. The molecular weight excluding hydrogens is 156 g/mol. The summed E-state index contributed by atoms with van der Waals surface area (Å²) in [4.78, 5) is 10.7. The van der Waals surface area contributed by atoms with Crippen molar-refractivity contribution in [2.45, 2.75) is 6.42 Å². The van der Waals surface area contributed by atoms with Crippen LogP contribution < -0.4 is 5.32 Å². The molecule has 0 atom stereocenters. The van der Waals surface area contributed by atoms with E-state index in [2.05, 4.69) is 5.32 Å². The molecule has 0 fully saturated rings. The Labute approximate surface area is 70.4 Å². The van der Waals surface area contributed by atoms with Gasteiger partial charge in [0, 0.05) is 13.5 Å². The van der Waals surface area contributed by atoms with Crippen LogP contribution in [0.4, 0.5) is 4.79 Å². The molecular formula is C8H10N2O2. The Bertz CT molecular complexity index is 266. The highest BCUT2D eigenvalue weighted by Crippen LogP contribution is 2.09. The zero-order valence-electron chi connectivity index (χ0n) is 6.76. The fourth-order valence-electron chi connectivity index (χ4n) is 0.789. The molecule has 0 heterocycles. The molecule has 0 aromatic rings. The van der Waals surface area contributed by atoms with Crippen LogP contribution in [0.15, 0.2) is 24.0 Å². The monoisotopic (exact) mass is 166 g/mol. The van der Waals surface area contributed by atoms with E-state index < -0.39 is 6.09 Å². The van der Waals surface area contributed by atoms with Gasteiger partial charge in [0.1, 0.15) is 0 Å². The Kier molecular flexibility index (Phi) is 2.63. The quantitative estimate of drug-likeness (QED) is 0.615. The third-order valence-corrected chi connectivity index (χ3v) is 1.41. The van der Waals surface area contributed by atoms with Gasteiger partial charge >= 0.3 is 6.09 Å². The first-order valence-electron chi connectivity index (χ1n) is 3.58. The molecule has 64 valence electrons. The molecule has 12 heavy (non-hydrogen) atoms. The summed E-state index contributed by atoms with van der Waals surface area (Å²) >= 11 is 0. The number of amides is 1. The average molecular weight is 166 g/mol. The second kappa shape index (κ2) is 3.71. The topological polar surface area (TPSA) is 62.2 Å². The van der Waals surface area contributed by atoms with Gasteiger partial charge in [0.25, 0.3) is 0 Å². The van der Waals surface area contributed by atoms with Gasteiger partial charge < -0.3 is 15.5 Å². The predicted octanol–water partition coefficient (Wildman–Crippen LogP) is 1.21. The summed E-state index contributed by atoms with van der Waals surface area (Å²) in [6.07, 6.45) is 5.17. The van der Waals surface area contributed by atoms with E-state index in [0.29, 0.717) is 17.9 Å². The molecule has 0 aromatic carbocycles. The van der Waals surface area contributed by atoms with Crippen LogP contribution in [0.3, 0.4) is 0 Å². The van der Waals surface area contributed by atoms with Gasteiger partial charge in [-0.05, 0) is 6.08 Å². The zero-order chi connectivity index (χ0) is 8.97. The maximum atomic E-state index is 10.7. The molecule has 0 aromatic heterocycles.